The van der Waals surface area contributed by atoms with Crippen molar-refractivity contribution in [3.63, 3.8) is 0 Å². The first-order valence-electron chi connectivity index (χ1n) is 9.17. The molecule has 2 aromatic carbocycles. The first-order valence-corrected chi connectivity index (χ1v) is 10.0. The molecule has 4 heterocycles. The number of nitrogens with zero attached hydrogens (tertiary/aromatic N) is 3. The summed E-state index contributed by atoms with van der Waals surface area (Å²) in [5, 5.41) is 5.95. The van der Waals surface area contributed by atoms with Gasteiger partial charge in [0.1, 0.15) is 5.82 Å². The molecular formula is C24H15N3S. The van der Waals surface area contributed by atoms with Gasteiger partial charge in [-0.15, -0.1) is 11.3 Å². The lowest BCUT2D eigenvalue weighted by Crippen LogP contribution is -1.98. The van der Waals surface area contributed by atoms with E-state index in [4.69, 9.17) is 4.98 Å². The molecule has 0 aliphatic heterocycles. The lowest BCUT2D eigenvalue weighted by atomic mass is 10.1. The summed E-state index contributed by atoms with van der Waals surface area (Å²) in [4.78, 5) is 9.22. The first-order chi connectivity index (χ1) is 13.9. The molecule has 0 amide bonds. The molecule has 0 saturated heterocycles. The molecule has 0 aliphatic carbocycles. The van der Waals surface area contributed by atoms with E-state index in [0.29, 0.717) is 0 Å². The Morgan fingerprint density at radius 1 is 0.786 bits per heavy atom. The predicted octanol–water partition coefficient (Wildman–Crippen LogP) is 6.46. The summed E-state index contributed by atoms with van der Waals surface area (Å²) in [6, 6.07) is 25.5. The third-order valence-corrected chi connectivity index (χ3v) is 6.05. The Morgan fingerprint density at radius 2 is 1.75 bits per heavy atom. The van der Waals surface area contributed by atoms with Gasteiger partial charge >= 0.3 is 0 Å². The van der Waals surface area contributed by atoms with Crippen molar-refractivity contribution in [3.8, 4) is 17.1 Å². The molecule has 0 N–H and O–H groups in total. The van der Waals surface area contributed by atoms with Gasteiger partial charge in [-0.2, -0.15) is 0 Å². The summed E-state index contributed by atoms with van der Waals surface area (Å²) >= 11 is 1.77. The Balaban J connectivity index is 1.69. The summed E-state index contributed by atoms with van der Waals surface area (Å²) in [7, 11) is 0. The minimum atomic E-state index is 0.920. The highest BCUT2D eigenvalue weighted by Gasteiger charge is 2.14. The molecule has 0 fully saturated rings. The van der Waals surface area contributed by atoms with Crippen LogP contribution >= 0.6 is 11.3 Å². The molecule has 0 aliphatic rings. The van der Waals surface area contributed by atoms with E-state index in [1.165, 1.54) is 31.9 Å². The van der Waals surface area contributed by atoms with Gasteiger partial charge in [0.05, 0.1) is 16.7 Å². The van der Waals surface area contributed by atoms with Gasteiger partial charge in [0.2, 0.25) is 0 Å². The van der Waals surface area contributed by atoms with Crippen molar-refractivity contribution in [1.29, 1.82) is 0 Å². The maximum Gasteiger partial charge on any atom is 0.138 e. The van der Waals surface area contributed by atoms with Gasteiger partial charge in [-0.3, -0.25) is 9.55 Å². The number of hydrogen-bond acceptors (Lipinski definition) is 3. The van der Waals surface area contributed by atoms with Crippen molar-refractivity contribution in [3.05, 3.63) is 90.6 Å². The van der Waals surface area contributed by atoms with Gasteiger partial charge in [0.15, 0.2) is 0 Å². The Kier molecular flexibility index (Phi) is 3.34. The zero-order chi connectivity index (χ0) is 18.5. The Hall–Kier alpha value is -3.50. The number of benzene rings is 2. The van der Waals surface area contributed by atoms with E-state index >= 15 is 0 Å². The van der Waals surface area contributed by atoms with Crippen LogP contribution < -0.4 is 0 Å². The van der Waals surface area contributed by atoms with Crippen molar-refractivity contribution in [1.82, 2.24) is 14.5 Å². The highest BCUT2D eigenvalue weighted by atomic mass is 32.1. The fourth-order valence-electron chi connectivity index (χ4n) is 3.90. The summed E-state index contributed by atoms with van der Waals surface area (Å²) in [6.07, 6.45) is 3.64. The van der Waals surface area contributed by atoms with Crippen molar-refractivity contribution < 1.29 is 0 Å². The van der Waals surface area contributed by atoms with E-state index in [-0.39, 0.29) is 0 Å². The monoisotopic (exact) mass is 377 g/mol. The summed E-state index contributed by atoms with van der Waals surface area (Å²) in [6.45, 7) is 0. The maximum absolute atomic E-state index is 4.98. The average molecular weight is 377 g/mol. The highest BCUT2D eigenvalue weighted by molar-refractivity contribution is 7.17. The summed E-state index contributed by atoms with van der Waals surface area (Å²) < 4.78 is 3.56. The predicted molar refractivity (Wildman–Crippen MR) is 117 cm³/mol. The van der Waals surface area contributed by atoms with E-state index in [9.17, 15) is 0 Å². The van der Waals surface area contributed by atoms with Crippen LogP contribution in [0, 0.1) is 0 Å². The average Bonchev–Trinajstić information content (AvgIpc) is 3.34. The molecule has 0 radical (unpaired) electrons. The number of thiophene rings is 1. The van der Waals surface area contributed by atoms with Gasteiger partial charge in [-0.25, -0.2) is 4.98 Å². The number of pyridine rings is 2. The molecule has 28 heavy (non-hydrogen) atoms. The zero-order valence-electron chi connectivity index (χ0n) is 14.9. The van der Waals surface area contributed by atoms with Gasteiger partial charge in [-0.05, 0) is 59.3 Å². The molecule has 0 atom stereocenters. The third-order valence-electron chi connectivity index (χ3n) is 5.17. The van der Waals surface area contributed by atoms with Crippen LogP contribution in [0.25, 0.3) is 49.0 Å². The second-order valence-electron chi connectivity index (χ2n) is 6.80. The van der Waals surface area contributed by atoms with Crippen LogP contribution in [0.1, 0.15) is 0 Å². The largest absolute Gasteiger partial charge is 0.294 e. The Morgan fingerprint density at radius 3 is 2.68 bits per heavy atom. The van der Waals surface area contributed by atoms with Crippen molar-refractivity contribution in [2.75, 3.05) is 0 Å². The van der Waals surface area contributed by atoms with Crippen LogP contribution in [0.15, 0.2) is 90.6 Å². The van der Waals surface area contributed by atoms with E-state index < -0.39 is 0 Å². The lowest BCUT2D eigenvalue weighted by Gasteiger charge is -2.09. The first kappa shape index (κ1) is 15.5. The van der Waals surface area contributed by atoms with Crippen LogP contribution in [0.3, 0.4) is 0 Å². The molecule has 3 nitrogen and oxygen atoms in total. The van der Waals surface area contributed by atoms with E-state index in [1.807, 2.05) is 24.4 Å². The SMILES string of the molecule is c1cncc(-c2cccc(-n3c4ccccc4c4cc5ccsc5cc43)n2)c1. The number of fused-ring (bicyclic) bond motifs is 4. The van der Waals surface area contributed by atoms with Crippen molar-refractivity contribution in [2.24, 2.45) is 0 Å². The van der Waals surface area contributed by atoms with Crippen molar-refractivity contribution >= 4 is 43.2 Å². The second kappa shape index (κ2) is 6.01. The molecule has 0 spiro atoms. The normalized spacial score (nSPS) is 11.6. The second-order valence-corrected chi connectivity index (χ2v) is 7.75. The van der Waals surface area contributed by atoms with Gasteiger partial charge in [0, 0.05) is 33.4 Å². The quantitative estimate of drug-likeness (QED) is 0.347. The summed E-state index contributed by atoms with van der Waals surface area (Å²) in [5.74, 6) is 0.920. The molecule has 4 heteroatoms. The third kappa shape index (κ3) is 2.28. The number of rotatable bonds is 2. The minimum Gasteiger partial charge on any atom is -0.294 e. The molecule has 132 valence electrons. The number of hydrogen-bond donors (Lipinski definition) is 0. The van der Waals surface area contributed by atoms with Crippen molar-refractivity contribution in [2.45, 2.75) is 0 Å². The van der Waals surface area contributed by atoms with Crippen LogP contribution in [-0.4, -0.2) is 14.5 Å². The molecule has 6 rings (SSSR count). The smallest absolute Gasteiger partial charge is 0.138 e. The molecule has 0 bridgehead atoms. The van der Waals surface area contributed by atoms with E-state index in [1.54, 1.807) is 17.5 Å². The highest BCUT2D eigenvalue weighted by Crippen LogP contribution is 2.36. The van der Waals surface area contributed by atoms with Gasteiger partial charge < -0.3 is 0 Å². The van der Waals surface area contributed by atoms with Gasteiger partial charge in [-0.1, -0.05) is 24.3 Å². The standard InChI is InChI=1S/C24H15N3S/c1-2-8-21-18(6-1)19-13-16-10-12-28-23(16)14-22(19)27(21)24-9-3-7-20(26-24)17-5-4-11-25-15-17/h1-15H. The number of aromatic nitrogens is 3. The van der Waals surface area contributed by atoms with Crippen LogP contribution in [0.2, 0.25) is 0 Å². The van der Waals surface area contributed by atoms with Gasteiger partial charge in [0.25, 0.3) is 0 Å². The molecule has 0 unspecified atom stereocenters. The van der Waals surface area contributed by atoms with E-state index in [2.05, 4.69) is 69.5 Å². The molecule has 6 aromatic rings. The maximum atomic E-state index is 4.98. The fraction of sp³-hybridized carbons (Fsp3) is 0. The summed E-state index contributed by atoms with van der Waals surface area (Å²) in [5.41, 5.74) is 4.30. The zero-order valence-corrected chi connectivity index (χ0v) is 15.7. The fourth-order valence-corrected chi connectivity index (χ4v) is 4.70. The van der Waals surface area contributed by atoms with Crippen LogP contribution in [-0.2, 0) is 0 Å². The Bertz CT molecular complexity index is 1460. The topological polar surface area (TPSA) is 30.7 Å². The van der Waals surface area contributed by atoms with E-state index in [0.717, 1.165) is 17.1 Å². The van der Waals surface area contributed by atoms with Crippen LogP contribution in [0.4, 0.5) is 0 Å². The van der Waals surface area contributed by atoms with Crippen LogP contribution in [0.5, 0.6) is 0 Å². The number of para-hydroxylation sites is 1. The lowest BCUT2D eigenvalue weighted by molar-refractivity contribution is 1.08. The Labute approximate surface area is 165 Å². The molecule has 4 aromatic heterocycles. The minimum absolute atomic E-state index is 0.920. The molecule has 0 saturated carbocycles. The molecular weight excluding hydrogens is 362 g/mol.